The lowest BCUT2D eigenvalue weighted by atomic mass is 10.2. The Hall–Kier alpha value is -0.860. The summed E-state index contributed by atoms with van der Waals surface area (Å²) < 4.78 is 0. The van der Waals surface area contributed by atoms with Gasteiger partial charge in [-0.25, -0.2) is 0 Å². The molecule has 0 unspecified atom stereocenters. The quantitative estimate of drug-likeness (QED) is 0.646. The third-order valence-corrected chi connectivity index (χ3v) is 1.66. The molecule has 0 saturated heterocycles. The Kier molecular flexibility index (Phi) is 4.55. The van der Waals surface area contributed by atoms with Gasteiger partial charge in [0.05, 0.1) is 0 Å². The number of amides is 2. The van der Waals surface area contributed by atoms with Gasteiger partial charge in [0.25, 0.3) is 0 Å². The van der Waals surface area contributed by atoms with E-state index in [0.717, 1.165) is 0 Å². The fourth-order valence-corrected chi connectivity index (χ4v) is 1.06. The Balaban J connectivity index is 4.43. The third-order valence-electron chi connectivity index (χ3n) is 1.66. The minimum absolute atomic E-state index is 0.0232. The lowest BCUT2D eigenvalue weighted by molar-refractivity contribution is -0.146. The predicted molar refractivity (Wildman–Crippen MR) is 47.6 cm³/mol. The fourth-order valence-electron chi connectivity index (χ4n) is 1.06. The molecule has 2 amide bonds. The minimum Gasteiger partial charge on any atom is -0.280 e. The molecule has 0 atom stereocenters. The van der Waals surface area contributed by atoms with Gasteiger partial charge >= 0.3 is 0 Å². The molecule has 0 aromatic heterocycles. The lowest BCUT2D eigenvalue weighted by Gasteiger charge is -2.23. The zero-order chi connectivity index (χ0) is 9.72. The van der Waals surface area contributed by atoms with Gasteiger partial charge in [0.1, 0.15) is 0 Å². The summed E-state index contributed by atoms with van der Waals surface area (Å²) in [6.45, 7) is 7.23. The van der Waals surface area contributed by atoms with Gasteiger partial charge in [-0.15, -0.1) is 0 Å². The predicted octanol–water partition coefficient (Wildman–Crippen LogP) is 1.57. The highest BCUT2D eigenvalue weighted by molar-refractivity contribution is 5.95. The number of imide groups is 1. The second kappa shape index (κ2) is 4.91. The van der Waals surface area contributed by atoms with E-state index in [9.17, 15) is 9.59 Å². The number of rotatable bonds is 3. The molecule has 12 heavy (non-hydrogen) atoms. The van der Waals surface area contributed by atoms with Crippen molar-refractivity contribution in [1.82, 2.24) is 4.90 Å². The van der Waals surface area contributed by atoms with Crippen LogP contribution in [0.25, 0.3) is 0 Å². The molecular weight excluding hydrogens is 154 g/mol. The van der Waals surface area contributed by atoms with Crippen molar-refractivity contribution in [2.75, 3.05) is 0 Å². The number of carbonyl (C=O) groups excluding carboxylic acids is 2. The first-order valence-corrected chi connectivity index (χ1v) is 4.39. The first-order valence-electron chi connectivity index (χ1n) is 4.39. The largest absolute Gasteiger partial charge is 0.280 e. The highest BCUT2D eigenvalue weighted by Crippen LogP contribution is 2.04. The molecule has 3 nitrogen and oxygen atoms in total. The van der Waals surface area contributed by atoms with Crippen molar-refractivity contribution in [3.05, 3.63) is 0 Å². The average molecular weight is 171 g/mol. The van der Waals surface area contributed by atoms with Crippen LogP contribution in [0.4, 0.5) is 0 Å². The maximum Gasteiger partial charge on any atom is 0.229 e. The second-order valence-electron chi connectivity index (χ2n) is 2.96. The average Bonchev–Trinajstić information content (AvgIpc) is 2.03. The Morgan fingerprint density at radius 2 is 1.42 bits per heavy atom. The summed E-state index contributed by atoms with van der Waals surface area (Å²) in [5.41, 5.74) is 0. The van der Waals surface area contributed by atoms with Crippen molar-refractivity contribution in [2.24, 2.45) is 0 Å². The summed E-state index contributed by atoms with van der Waals surface area (Å²) in [5, 5.41) is 0. The third kappa shape index (κ3) is 2.64. The monoisotopic (exact) mass is 171 g/mol. The molecule has 0 spiro atoms. The molecule has 0 saturated carbocycles. The topological polar surface area (TPSA) is 37.4 Å². The summed E-state index contributed by atoms with van der Waals surface area (Å²) in [7, 11) is 0. The van der Waals surface area contributed by atoms with E-state index in [2.05, 4.69) is 0 Å². The molecule has 0 N–H and O–H groups in total. The smallest absolute Gasteiger partial charge is 0.229 e. The molecule has 0 aliphatic heterocycles. The van der Waals surface area contributed by atoms with E-state index in [1.54, 1.807) is 13.8 Å². The maximum atomic E-state index is 11.3. The van der Waals surface area contributed by atoms with Crippen molar-refractivity contribution in [2.45, 2.75) is 46.6 Å². The molecule has 3 heteroatoms. The van der Waals surface area contributed by atoms with E-state index in [-0.39, 0.29) is 17.9 Å². The summed E-state index contributed by atoms with van der Waals surface area (Å²) in [6.07, 6.45) is 0.786. The van der Waals surface area contributed by atoms with Crippen molar-refractivity contribution in [3.8, 4) is 0 Å². The Morgan fingerprint density at radius 1 is 1.08 bits per heavy atom. The van der Waals surface area contributed by atoms with Crippen LogP contribution in [0.15, 0.2) is 0 Å². The normalized spacial score (nSPS) is 10.1. The van der Waals surface area contributed by atoms with E-state index in [0.29, 0.717) is 12.8 Å². The summed E-state index contributed by atoms with van der Waals surface area (Å²) >= 11 is 0. The van der Waals surface area contributed by atoms with Gasteiger partial charge < -0.3 is 0 Å². The van der Waals surface area contributed by atoms with Crippen LogP contribution in [0.2, 0.25) is 0 Å². The zero-order valence-electron chi connectivity index (χ0n) is 8.26. The van der Waals surface area contributed by atoms with Gasteiger partial charge in [-0.05, 0) is 13.8 Å². The van der Waals surface area contributed by atoms with Crippen LogP contribution in [0.1, 0.15) is 40.5 Å². The molecule has 0 bridgehead atoms. The zero-order valence-corrected chi connectivity index (χ0v) is 8.26. The van der Waals surface area contributed by atoms with Crippen LogP contribution in [-0.4, -0.2) is 22.8 Å². The summed E-state index contributed by atoms with van der Waals surface area (Å²) in [6, 6.07) is -0.0232. The van der Waals surface area contributed by atoms with E-state index < -0.39 is 0 Å². The molecule has 0 radical (unpaired) electrons. The molecule has 0 aromatic carbocycles. The van der Waals surface area contributed by atoms with Crippen LogP contribution in [0.3, 0.4) is 0 Å². The van der Waals surface area contributed by atoms with Crippen molar-refractivity contribution >= 4 is 11.8 Å². The SMILES string of the molecule is CCC(=O)N(C(=O)CC)C(C)C. The van der Waals surface area contributed by atoms with Crippen molar-refractivity contribution < 1.29 is 9.59 Å². The van der Waals surface area contributed by atoms with Crippen molar-refractivity contribution in [1.29, 1.82) is 0 Å². The molecule has 0 fully saturated rings. The second-order valence-corrected chi connectivity index (χ2v) is 2.96. The molecule has 0 heterocycles. The van der Waals surface area contributed by atoms with Crippen molar-refractivity contribution in [3.63, 3.8) is 0 Å². The molecule has 0 aromatic rings. The molecule has 70 valence electrons. The number of carbonyl (C=O) groups is 2. The van der Waals surface area contributed by atoms with E-state index in [1.807, 2.05) is 13.8 Å². The van der Waals surface area contributed by atoms with Crippen LogP contribution >= 0.6 is 0 Å². The van der Waals surface area contributed by atoms with Gasteiger partial charge in [-0.2, -0.15) is 0 Å². The highest BCUT2D eigenvalue weighted by Gasteiger charge is 2.20. The summed E-state index contributed by atoms with van der Waals surface area (Å²) in [5.74, 6) is -0.172. The molecule has 0 rings (SSSR count). The highest BCUT2D eigenvalue weighted by atomic mass is 16.2. The fraction of sp³-hybridized carbons (Fsp3) is 0.778. The van der Waals surface area contributed by atoms with Gasteiger partial charge in [0.15, 0.2) is 0 Å². The Bertz CT molecular complexity index is 159. The first kappa shape index (κ1) is 11.1. The molecule has 0 aliphatic rings. The van der Waals surface area contributed by atoms with Gasteiger partial charge in [0, 0.05) is 18.9 Å². The van der Waals surface area contributed by atoms with Gasteiger partial charge in [-0.3, -0.25) is 14.5 Å². The van der Waals surface area contributed by atoms with Gasteiger partial charge in [-0.1, -0.05) is 13.8 Å². The van der Waals surface area contributed by atoms with Crippen LogP contribution < -0.4 is 0 Å². The van der Waals surface area contributed by atoms with E-state index in [4.69, 9.17) is 0 Å². The minimum atomic E-state index is -0.0862. The maximum absolute atomic E-state index is 11.3. The first-order chi connectivity index (χ1) is 5.54. The Morgan fingerprint density at radius 3 is 1.58 bits per heavy atom. The lowest BCUT2D eigenvalue weighted by Crippen LogP contribution is -2.41. The number of hydrogen-bond acceptors (Lipinski definition) is 2. The van der Waals surface area contributed by atoms with Crippen LogP contribution in [-0.2, 0) is 9.59 Å². The van der Waals surface area contributed by atoms with Gasteiger partial charge in [0.2, 0.25) is 11.8 Å². The summed E-state index contributed by atoms with van der Waals surface area (Å²) in [4.78, 5) is 23.9. The number of nitrogens with zero attached hydrogens (tertiary/aromatic N) is 1. The van der Waals surface area contributed by atoms with Crippen LogP contribution in [0, 0.1) is 0 Å². The number of hydrogen-bond donors (Lipinski definition) is 0. The van der Waals surface area contributed by atoms with Crippen LogP contribution in [0.5, 0.6) is 0 Å². The van der Waals surface area contributed by atoms with E-state index >= 15 is 0 Å². The Labute approximate surface area is 73.7 Å². The standard InChI is InChI=1S/C9H17NO2/c1-5-8(11)10(7(3)4)9(12)6-2/h7H,5-6H2,1-4H3. The molecular formula is C9H17NO2. The van der Waals surface area contributed by atoms with E-state index in [1.165, 1.54) is 4.90 Å². The molecule has 0 aliphatic carbocycles.